The first-order chi connectivity index (χ1) is 17.3. The predicted molar refractivity (Wildman–Crippen MR) is 133 cm³/mol. The van der Waals surface area contributed by atoms with Crippen LogP contribution in [-0.4, -0.2) is 35.2 Å². The number of hydroxylamine groups is 1. The lowest BCUT2D eigenvalue weighted by molar-refractivity contribution is 0.0551. The summed E-state index contributed by atoms with van der Waals surface area (Å²) in [5, 5.41) is 1.60. The zero-order valence-corrected chi connectivity index (χ0v) is 20.6. The Morgan fingerprint density at radius 2 is 1.83 bits per heavy atom. The predicted octanol–water partition coefficient (Wildman–Crippen LogP) is 4.95. The van der Waals surface area contributed by atoms with Gasteiger partial charge in [-0.25, -0.2) is 19.2 Å². The van der Waals surface area contributed by atoms with Crippen molar-refractivity contribution in [3.63, 3.8) is 0 Å². The summed E-state index contributed by atoms with van der Waals surface area (Å²) in [6.07, 6.45) is 0.363. The molecule has 2 N–H and O–H groups in total. The fraction of sp³-hybridized carbons (Fsp3) is 0.120. The second-order valence-electron chi connectivity index (χ2n) is 7.44. The van der Waals surface area contributed by atoms with Gasteiger partial charge < -0.3 is 15.2 Å². The average Bonchev–Trinajstić information content (AvgIpc) is 2.86. The number of hydrogen-bond acceptors (Lipinski definition) is 7. The summed E-state index contributed by atoms with van der Waals surface area (Å²) in [5.41, 5.74) is 6.45. The highest BCUT2D eigenvalue weighted by molar-refractivity contribution is 9.10. The molecule has 0 bridgehead atoms. The molecule has 0 saturated heterocycles. The number of hydrogen-bond donors (Lipinski definition) is 1. The number of carbonyl (C=O) groups is 2. The number of rotatable bonds is 8. The molecule has 0 unspecified atom stereocenters. The summed E-state index contributed by atoms with van der Waals surface area (Å²) in [6, 6.07) is 15.2. The van der Waals surface area contributed by atoms with Gasteiger partial charge in [0.1, 0.15) is 48.1 Å². The largest absolute Gasteiger partial charge is 0.489 e. The van der Waals surface area contributed by atoms with Gasteiger partial charge in [-0.2, -0.15) is 5.06 Å². The first-order valence-corrected chi connectivity index (χ1v) is 11.5. The van der Waals surface area contributed by atoms with Crippen molar-refractivity contribution in [3.8, 4) is 11.5 Å². The second-order valence-corrected chi connectivity index (χ2v) is 8.36. The van der Waals surface area contributed by atoms with Crippen molar-refractivity contribution in [3.05, 3.63) is 88.5 Å². The van der Waals surface area contributed by atoms with Crippen LogP contribution < -0.4 is 20.3 Å². The van der Waals surface area contributed by atoms with Crippen LogP contribution in [0.25, 0.3) is 10.9 Å². The highest BCUT2D eigenvalue weighted by Gasteiger charge is 2.23. The highest BCUT2D eigenvalue weighted by Crippen LogP contribution is 2.30. The monoisotopic (exact) mass is 554 g/mol. The Labute approximate surface area is 213 Å². The van der Waals surface area contributed by atoms with Gasteiger partial charge in [0.25, 0.3) is 5.91 Å². The fourth-order valence-electron chi connectivity index (χ4n) is 3.38. The van der Waals surface area contributed by atoms with E-state index >= 15 is 0 Å². The molecule has 1 heterocycles. The number of halogens is 2. The minimum absolute atomic E-state index is 0.00622. The van der Waals surface area contributed by atoms with Crippen LogP contribution in [0.2, 0.25) is 0 Å². The van der Waals surface area contributed by atoms with Crippen LogP contribution in [0, 0.1) is 12.7 Å². The molecule has 184 valence electrons. The third-order valence-electron chi connectivity index (χ3n) is 4.99. The third kappa shape index (κ3) is 5.75. The maximum absolute atomic E-state index is 14.8. The quantitative estimate of drug-likeness (QED) is 0.242. The van der Waals surface area contributed by atoms with E-state index in [-0.39, 0.29) is 30.2 Å². The summed E-state index contributed by atoms with van der Waals surface area (Å²) in [4.78, 5) is 38.5. The molecule has 4 rings (SSSR count). The molecule has 2 amide bonds. The minimum Gasteiger partial charge on any atom is -0.489 e. The van der Waals surface area contributed by atoms with Crippen molar-refractivity contribution >= 4 is 44.5 Å². The number of fused-ring (bicyclic) bond motifs is 1. The Bertz CT molecular complexity index is 1420. The maximum Gasteiger partial charge on any atom is 0.409 e. The summed E-state index contributed by atoms with van der Waals surface area (Å²) in [6.45, 7) is 1.74. The van der Waals surface area contributed by atoms with E-state index in [1.54, 1.807) is 36.4 Å². The van der Waals surface area contributed by atoms with E-state index < -0.39 is 17.8 Å². The molecular formula is C25H20BrFN4O5. The molecule has 0 saturated carbocycles. The molecule has 0 spiro atoms. The number of nitrogens with zero attached hydrogens (tertiary/aromatic N) is 3. The molecular weight excluding hydrogens is 535 g/mol. The van der Waals surface area contributed by atoms with Gasteiger partial charge in [0.15, 0.2) is 0 Å². The van der Waals surface area contributed by atoms with Gasteiger partial charge in [0.05, 0.1) is 0 Å². The Balaban J connectivity index is 1.56. The number of ether oxygens (including phenoxy) is 2. The Kier molecular flexibility index (Phi) is 7.71. The highest BCUT2D eigenvalue weighted by atomic mass is 79.9. The molecule has 9 nitrogen and oxygen atoms in total. The topological polar surface area (TPSA) is 117 Å². The number of carbonyl (C=O) groups excluding carboxylic acids is 2. The Morgan fingerprint density at radius 3 is 2.58 bits per heavy atom. The number of amides is 2. The van der Waals surface area contributed by atoms with Gasteiger partial charge in [-0.05, 0) is 43.3 Å². The van der Waals surface area contributed by atoms with Gasteiger partial charge in [0.2, 0.25) is 0 Å². The van der Waals surface area contributed by atoms with Crippen molar-refractivity contribution in [1.29, 1.82) is 0 Å². The van der Waals surface area contributed by atoms with Crippen molar-refractivity contribution in [2.75, 3.05) is 18.3 Å². The molecule has 0 fully saturated rings. The van der Waals surface area contributed by atoms with Crippen LogP contribution in [0.1, 0.15) is 16.1 Å². The van der Waals surface area contributed by atoms with Crippen molar-refractivity contribution in [2.24, 2.45) is 5.73 Å². The first kappa shape index (κ1) is 25.0. The van der Waals surface area contributed by atoms with Crippen LogP contribution in [-0.2, 0) is 4.84 Å². The average molecular weight is 555 g/mol. The third-order valence-corrected chi connectivity index (χ3v) is 5.45. The summed E-state index contributed by atoms with van der Waals surface area (Å²) >= 11 is 3.45. The van der Waals surface area contributed by atoms with Crippen LogP contribution >= 0.6 is 15.9 Å². The number of benzene rings is 3. The molecule has 0 radical (unpaired) electrons. The zero-order valence-electron chi connectivity index (χ0n) is 19.0. The van der Waals surface area contributed by atoms with E-state index in [0.717, 1.165) is 32.7 Å². The minimum atomic E-state index is -1.08. The summed E-state index contributed by atoms with van der Waals surface area (Å²) in [7, 11) is 0. The zero-order chi connectivity index (χ0) is 25.7. The summed E-state index contributed by atoms with van der Waals surface area (Å²) < 4.78 is 26.2. The van der Waals surface area contributed by atoms with Crippen LogP contribution in [0.4, 0.5) is 14.9 Å². The lowest BCUT2D eigenvalue weighted by Gasteiger charge is -2.23. The van der Waals surface area contributed by atoms with Gasteiger partial charge in [-0.15, -0.1) is 0 Å². The fourth-order valence-corrected chi connectivity index (χ4v) is 3.82. The number of aromatic nitrogens is 2. The van der Waals surface area contributed by atoms with E-state index in [9.17, 15) is 14.0 Å². The number of primary amides is 1. The lowest BCUT2D eigenvalue weighted by atomic mass is 10.2. The number of nitrogens with two attached hydrogens (primary N) is 1. The standard InChI is InChI=1S/C25H20BrFN4O5/c1-15-19-11-17(26)12-22(23(19)30-14-29-15)34-9-10-35-31(24(32)16-5-3-2-4-6-16)21-13-18(36-25(28)33)7-8-20(21)27/h2-8,11-14H,9-10H2,1H3,(H2,28,33). The number of aryl methyl sites for hydroxylation is 1. The summed E-state index contributed by atoms with van der Waals surface area (Å²) in [5.74, 6) is -0.984. The van der Waals surface area contributed by atoms with Gasteiger partial charge >= 0.3 is 6.09 Å². The molecule has 0 atom stereocenters. The van der Waals surface area contributed by atoms with Gasteiger partial charge in [-0.3, -0.25) is 9.63 Å². The molecule has 0 aliphatic carbocycles. The molecule has 3 aromatic carbocycles. The molecule has 0 aliphatic heterocycles. The second kappa shape index (κ2) is 11.1. The smallest absolute Gasteiger partial charge is 0.409 e. The van der Waals surface area contributed by atoms with Gasteiger partial charge in [-0.1, -0.05) is 34.1 Å². The first-order valence-electron chi connectivity index (χ1n) is 10.7. The van der Waals surface area contributed by atoms with Crippen molar-refractivity contribution in [1.82, 2.24) is 9.97 Å². The van der Waals surface area contributed by atoms with Crippen molar-refractivity contribution in [2.45, 2.75) is 6.92 Å². The molecule has 4 aromatic rings. The molecule has 36 heavy (non-hydrogen) atoms. The van der Waals surface area contributed by atoms with E-state index in [1.165, 1.54) is 12.4 Å². The van der Waals surface area contributed by atoms with E-state index in [4.69, 9.17) is 20.0 Å². The van der Waals surface area contributed by atoms with Gasteiger partial charge in [0, 0.05) is 27.2 Å². The van der Waals surface area contributed by atoms with E-state index in [0.29, 0.717) is 11.3 Å². The van der Waals surface area contributed by atoms with Crippen LogP contribution in [0.3, 0.4) is 0 Å². The Hall–Kier alpha value is -4.09. The van der Waals surface area contributed by atoms with Crippen LogP contribution in [0.5, 0.6) is 11.5 Å². The van der Waals surface area contributed by atoms with Crippen LogP contribution in [0.15, 0.2) is 71.5 Å². The molecule has 0 aliphatic rings. The van der Waals surface area contributed by atoms with E-state index in [1.807, 2.05) is 13.0 Å². The molecule has 11 heteroatoms. The van der Waals surface area contributed by atoms with E-state index in [2.05, 4.69) is 25.9 Å². The normalized spacial score (nSPS) is 10.8. The van der Waals surface area contributed by atoms with Crippen molar-refractivity contribution < 1.29 is 28.3 Å². The maximum atomic E-state index is 14.8. The lowest BCUT2D eigenvalue weighted by Crippen LogP contribution is -2.33. The number of anilines is 1. The SMILES string of the molecule is Cc1ncnc2c(OCCON(C(=O)c3ccccc3)c3cc(OC(N)=O)ccc3F)cc(Br)cc12. The molecule has 1 aromatic heterocycles. The Morgan fingerprint density at radius 1 is 1.06 bits per heavy atom.